The van der Waals surface area contributed by atoms with Crippen LogP contribution in [0.25, 0.3) is 0 Å². The Morgan fingerprint density at radius 1 is 1.09 bits per heavy atom. The lowest BCUT2D eigenvalue weighted by molar-refractivity contribution is -0.124. The quantitative estimate of drug-likeness (QED) is 0.462. The number of benzene rings is 2. The van der Waals surface area contributed by atoms with Gasteiger partial charge in [-0.2, -0.15) is 0 Å². The summed E-state index contributed by atoms with van der Waals surface area (Å²) in [5.41, 5.74) is 2.05. The van der Waals surface area contributed by atoms with Crippen LogP contribution in [0.15, 0.2) is 48.5 Å². The van der Waals surface area contributed by atoms with E-state index in [0.29, 0.717) is 16.9 Å². The predicted octanol–water partition coefficient (Wildman–Crippen LogP) is 2.98. The molecule has 2 aromatic carbocycles. The van der Waals surface area contributed by atoms with Gasteiger partial charge in [0, 0.05) is 19.3 Å². The minimum Gasteiger partial charge on any atom is -0.462 e. The van der Waals surface area contributed by atoms with E-state index in [0.717, 1.165) is 10.5 Å². The van der Waals surface area contributed by atoms with Crippen molar-refractivity contribution in [3.05, 3.63) is 59.7 Å². The van der Waals surface area contributed by atoms with Crippen LogP contribution in [0.2, 0.25) is 0 Å². The summed E-state index contributed by atoms with van der Waals surface area (Å²) < 4.78 is 10.1. The number of nitrogens with zero attached hydrogens (tertiary/aromatic N) is 2. The van der Waals surface area contributed by atoms with Gasteiger partial charge in [0.05, 0.1) is 30.9 Å². The summed E-state index contributed by atoms with van der Waals surface area (Å²) in [5.74, 6) is -1.43. The number of ether oxygens (including phenoxy) is 2. The Morgan fingerprint density at radius 2 is 1.85 bits per heavy atom. The first kappa shape index (κ1) is 23.9. The summed E-state index contributed by atoms with van der Waals surface area (Å²) in [4.78, 5) is 53.4. The van der Waals surface area contributed by atoms with Crippen molar-refractivity contribution in [2.45, 2.75) is 26.3 Å². The van der Waals surface area contributed by atoms with Gasteiger partial charge in [-0.3, -0.25) is 9.59 Å². The van der Waals surface area contributed by atoms with E-state index in [-0.39, 0.29) is 26.2 Å². The molecule has 9 nitrogen and oxygen atoms in total. The summed E-state index contributed by atoms with van der Waals surface area (Å²) in [6.45, 7) is 4.20. The largest absolute Gasteiger partial charge is 0.462 e. The van der Waals surface area contributed by atoms with E-state index in [2.05, 4.69) is 5.32 Å². The Bertz CT molecular complexity index is 1050. The number of carbonyl (C=O) groups is 4. The molecule has 1 N–H and O–H groups in total. The van der Waals surface area contributed by atoms with Crippen LogP contribution in [0.3, 0.4) is 0 Å². The second-order valence-corrected chi connectivity index (χ2v) is 7.55. The molecule has 9 heteroatoms. The first-order valence-electron chi connectivity index (χ1n) is 10.6. The molecule has 3 rings (SSSR count). The third-order valence-corrected chi connectivity index (χ3v) is 5.15. The number of urea groups is 1. The zero-order valence-corrected chi connectivity index (χ0v) is 18.9. The second kappa shape index (κ2) is 10.7. The molecular weight excluding hydrogens is 426 g/mol. The first-order chi connectivity index (χ1) is 15.8. The van der Waals surface area contributed by atoms with Crippen LogP contribution in [-0.4, -0.2) is 61.6 Å². The number of amides is 4. The number of hydrogen-bond acceptors (Lipinski definition) is 6. The average molecular weight is 453 g/mol. The highest BCUT2D eigenvalue weighted by Crippen LogP contribution is 2.27. The molecule has 1 fully saturated rings. The Morgan fingerprint density at radius 3 is 2.55 bits per heavy atom. The van der Waals surface area contributed by atoms with Gasteiger partial charge in [0.15, 0.2) is 0 Å². The predicted molar refractivity (Wildman–Crippen MR) is 122 cm³/mol. The van der Waals surface area contributed by atoms with Gasteiger partial charge >= 0.3 is 12.0 Å². The van der Waals surface area contributed by atoms with Gasteiger partial charge in [-0.05, 0) is 49.7 Å². The zero-order valence-electron chi connectivity index (χ0n) is 18.9. The van der Waals surface area contributed by atoms with Gasteiger partial charge in [-0.25, -0.2) is 14.5 Å². The Balaban J connectivity index is 1.78. The van der Waals surface area contributed by atoms with E-state index < -0.39 is 29.9 Å². The van der Waals surface area contributed by atoms with E-state index in [4.69, 9.17) is 9.47 Å². The molecule has 33 heavy (non-hydrogen) atoms. The second-order valence-electron chi connectivity index (χ2n) is 7.55. The van der Waals surface area contributed by atoms with Crippen LogP contribution in [0, 0.1) is 6.92 Å². The number of imide groups is 1. The summed E-state index contributed by atoms with van der Waals surface area (Å²) in [5, 5.41) is 2.70. The molecule has 0 unspecified atom stereocenters. The first-order valence-corrected chi connectivity index (χ1v) is 10.6. The summed E-state index contributed by atoms with van der Waals surface area (Å²) >= 11 is 0. The van der Waals surface area contributed by atoms with Crippen molar-refractivity contribution in [3.63, 3.8) is 0 Å². The van der Waals surface area contributed by atoms with Crippen molar-refractivity contribution in [1.29, 1.82) is 0 Å². The van der Waals surface area contributed by atoms with Crippen LogP contribution < -0.4 is 10.2 Å². The number of aryl methyl sites for hydroxylation is 1. The fraction of sp³-hybridized carbons (Fsp3) is 0.333. The maximum atomic E-state index is 13.2. The standard InChI is InChI=1S/C24H27N3O6/c1-4-33-23(30)17-8-6-9-18(14-17)25-21(28)15-20-22(29)27(19-10-5-7-16(2)13-19)24(31)26(20)11-12-32-3/h5-10,13-14,20H,4,11-12,15H2,1-3H3,(H,25,28)/t20-/m1/s1. The highest BCUT2D eigenvalue weighted by molar-refractivity contribution is 6.22. The van der Waals surface area contributed by atoms with Crippen LogP contribution in [0.4, 0.5) is 16.2 Å². The lowest BCUT2D eigenvalue weighted by Gasteiger charge is -2.21. The molecule has 1 aliphatic heterocycles. The molecule has 2 aromatic rings. The number of carbonyl (C=O) groups excluding carboxylic acids is 4. The number of anilines is 2. The third kappa shape index (κ3) is 5.56. The minimum absolute atomic E-state index is 0.166. The number of nitrogens with one attached hydrogen (secondary N) is 1. The van der Waals surface area contributed by atoms with Crippen LogP contribution >= 0.6 is 0 Å². The van der Waals surface area contributed by atoms with Gasteiger partial charge in [-0.15, -0.1) is 0 Å². The molecule has 0 bridgehead atoms. The van der Waals surface area contributed by atoms with Crippen molar-refractivity contribution in [2.24, 2.45) is 0 Å². The van der Waals surface area contributed by atoms with Gasteiger partial charge in [-0.1, -0.05) is 18.2 Å². The number of methoxy groups -OCH3 is 1. The number of esters is 1. The van der Waals surface area contributed by atoms with E-state index >= 15 is 0 Å². The van der Waals surface area contributed by atoms with Crippen molar-refractivity contribution in [3.8, 4) is 0 Å². The van der Waals surface area contributed by atoms with E-state index in [9.17, 15) is 19.2 Å². The molecule has 1 atom stereocenters. The molecule has 1 saturated heterocycles. The normalized spacial score (nSPS) is 15.7. The fourth-order valence-corrected chi connectivity index (χ4v) is 3.61. The van der Waals surface area contributed by atoms with Gasteiger partial charge in [0.25, 0.3) is 5.91 Å². The van der Waals surface area contributed by atoms with Crippen LogP contribution in [0.5, 0.6) is 0 Å². The smallest absolute Gasteiger partial charge is 0.338 e. The number of rotatable bonds is 9. The lowest BCUT2D eigenvalue weighted by atomic mass is 10.1. The Labute approximate surface area is 192 Å². The maximum Gasteiger partial charge on any atom is 0.338 e. The molecule has 0 aliphatic carbocycles. The SMILES string of the molecule is CCOC(=O)c1cccc(NC(=O)C[C@@H]2C(=O)N(c3cccc(C)c3)C(=O)N2CCOC)c1. The van der Waals surface area contributed by atoms with Crippen molar-refractivity contribution < 1.29 is 28.7 Å². The van der Waals surface area contributed by atoms with E-state index in [1.807, 2.05) is 13.0 Å². The molecule has 1 aliphatic rings. The molecule has 0 spiro atoms. The van der Waals surface area contributed by atoms with E-state index in [1.165, 1.54) is 18.1 Å². The highest BCUT2D eigenvalue weighted by atomic mass is 16.5. The van der Waals surface area contributed by atoms with Crippen molar-refractivity contribution >= 4 is 35.2 Å². The van der Waals surface area contributed by atoms with E-state index in [1.54, 1.807) is 43.3 Å². The van der Waals surface area contributed by atoms with Crippen molar-refractivity contribution in [1.82, 2.24) is 4.90 Å². The Kier molecular flexibility index (Phi) is 7.78. The highest BCUT2D eigenvalue weighted by Gasteiger charge is 2.46. The topological polar surface area (TPSA) is 105 Å². The van der Waals surface area contributed by atoms with Gasteiger partial charge in [0.2, 0.25) is 5.91 Å². The average Bonchev–Trinajstić information content (AvgIpc) is 3.01. The number of hydrogen-bond donors (Lipinski definition) is 1. The molecule has 174 valence electrons. The van der Waals surface area contributed by atoms with Gasteiger partial charge < -0.3 is 19.7 Å². The minimum atomic E-state index is -0.971. The Hall–Kier alpha value is -3.72. The van der Waals surface area contributed by atoms with Gasteiger partial charge in [0.1, 0.15) is 6.04 Å². The molecule has 1 heterocycles. The summed E-state index contributed by atoms with van der Waals surface area (Å²) in [6, 6.07) is 11.9. The molecule has 0 aromatic heterocycles. The zero-order chi connectivity index (χ0) is 24.0. The maximum absolute atomic E-state index is 13.2. The molecular formula is C24H27N3O6. The van der Waals surface area contributed by atoms with Crippen molar-refractivity contribution in [2.75, 3.05) is 37.1 Å². The summed E-state index contributed by atoms with van der Waals surface area (Å²) in [7, 11) is 1.50. The van der Waals surface area contributed by atoms with Crippen LogP contribution in [0.1, 0.15) is 29.3 Å². The summed E-state index contributed by atoms with van der Waals surface area (Å²) in [6.07, 6.45) is -0.236. The molecule has 0 saturated carbocycles. The monoisotopic (exact) mass is 453 g/mol. The fourth-order valence-electron chi connectivity index (χ4n) is 3.61. The van der Waals surface area contributed by atoms with Crippen LogP contribution in [-0.2, 0) is 19.1 Å². The third-order valence-electron chi connectivity index (χ3n) is 5.15. The lowest BCUT2D eigenvalue weighted by Crippen LogP contribution is -2.39. The molecule has 0 radical (unpaired) electrons. The molecule has 4 amide bonds.